The third kappa shape index (κ3) is 1.76. The minimum absolute atomic E-state index is 0.676. The zero-order valence-corrected chi connectivity index (χ0v) is 8.23. The molecule has 0 aliphatic heterocycles. The second kappa shape index (κ2) is 3.54. The zero-order chi connectivity index (χ0) is 9.97. The van der Waals surface area contributed by atoms with E-state index in [2.05, 4.69) is 22.1 Å². The fourth-order valence-electron chi connectivity index (χ4n) is 1.17. The Morgan fingerprint density at radius 3 is 2.21 bits per heavy atom. The Hall–Kier alpha value is -1.77. The van der Waals surface area contributed by atoms with E-state index in [0.29, 0.717) is 5.82 Å². The Kier molecular flexibility index (Phi) is 2.23. The van der Waals surface area contributed by atoms with Crippen molar-refractivity contribution in [2.75, 3.05) is 0 Å². The van der Waals surface area contributed by atoms with Crippen LogP contribution in [0.25, 0.3) is 11.4 Å². The van der Waals surface area contributed by atoms with Gasteiger partial charge in [-0.3, -0.25) is 0 Å². The summed E-state index contributed by atoms with van der Waals surface area (Å²) in [4.78, 5) is 4.20. The molecule has 0 N–H and O–H groups in total. The number of hydrogen-bond acceptors (Lipinski definition) is 3. The topological polar surface area (TPSA) is 38.7 Å². The van der Waals surface area contributed by atoms with Crippen molar-refractivity contribution >= 4 is 0 Å². The van der Waals surface area contributed by atoms with Crippen LogP contribution < -0.4 is 0 Å². The molecule has 1 aromatic carbocycles. The van der Waals surface area contributed by atoms with Crippen LogP contribution in [0, 0.1) is 13.8 Å². The van der Waals surface area contributed by atoms with Gasteiger partial charge in [0.2, 0.25) is 0 Å². The van der Waals surface area contributed by atoms with E-state index >= 15 is 0 Å². The standard InChI is InChI=1S/C11H11N3/c1-8-3-5-10(6-4-8)11-12-7-9(2)13-14-11/h3-7H,1-2H3. The molecule has 1 heterocycles. The molecule has 1 aromatic heterocycles. The first kappa shape index (κ1) is 8.81. The summed E-state index contributed by atoms with van der Waals surface area (Å²) in [6.45, 7) is 3.93. The number of benzene rings is 1. The van der Waals surface area contributed by atoms with Crippen LogP contribution in [0.5, 0.6) is 0 Å². The van der Waals surface area contributed by atoms with Gasteiger partial charge < -0.3 is 0 Å². The molecule has 0 radical (unpaired) electrons. The van der Waals surface area contributed by atoms with Crippen molar-refractivity contribution in [3.05, 3.63) is 41.7 Å². The van der Waals surface area contributed by atoms with Crippen LogP contribution >= 0.6 is 0 Å². The lowest BCUT2D eigenvalue weighted by molar-refractivity contribution is 0.935. The summed E-state index contributed by atoms with van der Waals surface area (Å²) in [6, 6.07) is 8.08. The molecule has 0 aliphatic carbocycles. The monoisotopic (exact) mass is 185 g/mol. The van der Waals surface area contributed by atoms with Crippen molar-refractivity contribution in [2.24, 2.45) is 0 Å². The van der Waals surface area contributed by atoms with Crippen LogP contribution in [-0.2, 0) is 0 Å². The van der Waals surface area contributed by atoms with Crippen LogP contribution in [-0.4, -0.2) is 15.2 Å². The van der Waals surface area contributed by atoms with Crippen molar-refractivity contribution in [3.63, 3.8) is 0 Å². The van der Waals surface area contributed by atoms with E-state index in [1.807, 2.05) is 31.2 Å². The van der Waals surface area contributed by atoms with E-state index in [0.717, 1.165) is 11.3 Å². The van der Waals surface area contributed by atoms with Crippen molar-refractivity contribution in [3.8, 4) is 11.4 Å². The first-order valence-corrected chi connectivity index (χ1v) is 4.49. The largest absolute Gasteiger partial charge is 0.233 e. The molecule has 2 aromatic rings. The summed E-state index contributed by atoms with van der Waals surface area (Å²) >= 11 is 0. The normalized spacial score (nSPS) is 10.1. The molecular weight excluding hydrogens is 174 g/mol. The highest BCUT2D eigenvalue weighted by molar-refractivity contribution is 5.54. The number of rotatable bonds is 1. The second-order valence-electron chi connectivity index (χ2n) is 3.29. The van der Waals surface area contributed by atoms with Gasteiger partial charge in [-0.2, -0.15) is 5.10 Å². The molecule has 0 atom stereocenters. The van der Waals surface area contributed by atoms with Crippen molar-refractivity contribution in [1.82, 2.24) is 15.2 Å². The maximum Gasteiger partial charge on any atom is 0.181 e. The fraction of sp³-hybridized carbons (Fsp3) is 0.182. The van der Waals surface area contributed by atoms with Crippen molar-refractivity contribution < 1.29 is 0 Å². The molecule has 0 aliphatic rings. The minimum atomic E-state index is 0.676. The smallest absolute Gasteiger partial charge is 0.181 e. The van der Waals surface area contributed by atoms with E-state index in [1.54, 1.807) is 6.20 Å². The van der Waals surface area contributed by atoms with Crippen LogP contribution in [0.1, 0.15) is 11.3 Å². The highest BCUT2D eigenvalue weighted by Gasteiger charge is 1.99. The number of hydrogen-bond donors (Lipinski definition) is 0. The highest BCUT2D eigenvalue weighted by atomic mass is 15.1. The molecular formula is C11H11N3. The van der Waals surface area contributed by atoms with Crippen LogP contribution in [0.2, 0.25) is 0 Å². The molecule has 70 valence electrons. The highest BCUT2D eigenvalue weighted by Crippen LogP contribution is 2.13. The molecule has 0 saturated heterocycles. The molecule has 3 nitrogen and oxygen atoms in total. The molecule has 0 bridgehead atoms. The molecule has 0 fully saturated rings. The van der Waals surface area contributed by atoms with E-state index in [1.165, 1.54) is 5.56 Å². The molecule has 2 rings (SSSR count). The lowest BCUT2D eigenvalue weighted by atomic mass is 10.1. The first-order chi connectivity index (χ1) is 6.75. The molecule has 14 heavy (non-hydrogen) atoms. The van der Waals surface area contributed by atoms with E-state index in [-0.39, 0.29) is 0 Å². The maximum absolute atomic E-state index is 4.20. The molecule has 0 unspecified atom stereocenters. The number of nitrogens with zero attached hydrogens (tertiary/aromatic N) is 3. The molecule has 3 heteroatoms. The second-order valence-corrected chi connectivity index (χ2v) is 3.29. The fourth-order valence-corrected chi connectivity index (χ4v) is 1.17. The number of aromatic nitrogens is 3. The summed E-state index contributed by atoms with van der Waals surface area (Å²) in [6.07, 6.45) is 1.72. The van der Waals surface area contributed by atoms with E-state index in [9.17, 15) is 0 Å². The predicted molar refractivity (Wildman–Crippen MR) is 54.7 cm³/mol. The van der Waals surface area contributed by atoms with Crippen LogP contribution in [0.3, 0.4) is 0 Å². The van der Waals surface area contributed by atoms with Gasteiger partial charge in [-0.05, 0) is 13.8 Å². The quantitative estimate of drug-likeness (QED) is 0.683. The van der Waals surface area contributed by atoms with Gasteiger partial charge in [-0.25, -0.2) is 4.98 Å². The Bertz CT molecular complexity index is 374. The van der Waals surface area contributed by atoms with Gasteiger partial charge in [-0.15, -0.1) is 5.10 Å². The Morgan fingerprint density at radius 2 is 1.64 bits per heavy atom. The van der Waals surface area contributed by atoms with E-state index in [4.69, 9.17) is 0 Å². The van der Waals surface area contributed by atoms with Crippen molar-refractivity contribution in [2.45, 2.75) is 13.8 Å². The van der Waals surface area contributed by atoms with Crippen LogP contribution in [0.15, 0.2) is 30.5 Å². The van der Waals surface area contributed by atoms with Gasteiger partial charge in [0.1, 0.15) is 0 Å². The summed E-state index contributed by atoms with van der Waals surface area (Å²) in [5.74, 6) is 0.676. The van der Waals surface area contributed by atoms with Gasteiger partial charge >= 0.3 is 0 Å². The third-order valence-electron chi connectivity index (χ3n) is 1.99. The molecule has 0 saturated carbocycles. The SMILES string of the molecule is Cc1ccc(-c2ncc(C)nn2)cc1. The Balaban J connectivity index is 2.40. The van der Waals surface area contributed by atoms with Crippen molar-refractivity contribution in [1.29, 1.82) is 0 Å². The minimum Gasteiger partial charge on any atom is -0.233 e. The predicted octanol–water partition coefficient (Wildman–Crippen LogP) is 2.16. The van der Waals surface area contributed by atoms with Gasteiger partial charge in [0, 0.05) is 5.56 Å². The third-order valence-corrected chi connectivity index (χ3v) is 1.99. The Morgan fingerprint density at radius 1 is 0.929 bits per heavy atom. The van der Waals surface area contributed by atoms with Crippen LogP contribution in [0.4, 0.5) is 0 Å². The van der Waals surface area contributed by atoms with Gasteiger partial charge in [0.25, 0.3) is 0 Å². The summed E-state index contributed by atoms with van der Waals surface area (Å²) in [5.41, 5.74) is 3.07. The summed E-state index contributed by atoms with van der Waals surface area (Å²) < 4.78 is 0. The average Bonchev–Trinajstić information content (AvgIpc) is 2.21. The summed E-state index contributed by atoms with van der Waals surface area (Å²) in [7, 11) is 0. The molecule has 0 spiro atoms. The van der Waals surface area contributed by atoms with Gasteiger partial charge in [0.05, 0.1) is 11.9 Å². The van der Waals surface area contributed by atoms with Gasteiger partial charge in [-0.1, -0.05) is 29.8 Å². The first-order valence-electron chi connectivity index (χ1n) is 4.49. The lowest BCUT2D eigenvalue weighted by Crippen LogP contribution is -1.93. The Labute approximate surface area is 82.8 Å². The van der Waals surface area contributed by atoms with Gasteiger partial charge in [0.15, 0.2) is 5.82 Å². The van der Waals surface area contributed by atoms with E-state index < -0.39 is 0 Å². The maximum atomic E-state index is 4.20. The number of aryl methyl sites for hydroxylation is 2. The average molecular weight is 185 g/mol. The zero-order valence-electron chi connectivity index (χ0n) is 8.23. The lowest BCUT2D eigenvalue weighted by Gasteiger charge is -1.99. The molecule has 0 amide bonds. The summed E-state index contributed by atoms with van der Waals surface area (Å²) in [5, 5.41) is 7.98.